The molecule has 1 rings (SSSR count). The summed E-state index contributed by atoms with van der Waals surface area (Å²) in [5.74, 6) is 0.897. The molecule has 0 aromatic rings. The van der Waals surface area contributed by atoms with Crippen molar-refractivity contribution in [1.29, 1.82) is 0 Å². The number of hydrogen-bond donors (Lipinski definition) is 1. The highest BCUT2D eigenvalue weighted by Crippen LogP contribution is 2.29. The SMILES string of the molecule is CCOC(=O)C(C)(NCC1CC1)C(C)C. The van der Waals surface area contributed by atoms with E-state index in [1.54, 1.807) is 0 Å². The third-order valence-electron chi connectivity index (χ3n) is 3.31. The first-order chi connectivity index (χ1) is 7.00. The molecule has 1 saturated carbocycles. The molecule has 0 saturated heterocycles. The minimum absolute atomic E-state index is 0.124. The van der Waals surface area contributed by atoms with Crippen molar-refractivity contribution in [3.63, 3.8) is 0 Å². The summed E-state index contributed by atoms with van der Waals surface area (Å²) in [6.45, 7) is 9.28. The zero-order valence-electron chi connectivity index (χ0n) is 10.3. The van der Waals surface area contributed by atoms with Crippen molar-refractivity contribution in [3.05, 3.63) is 0 Å². The predicted molar refractivity (Wildman–Crippen MR) is 60.6 cm³/mol. The first kappa shape index (κ1) is 12.5. The van der Waals surface area contributed by atoms with Crippen LogP contribution in [0.4, 0.5) is 0 Å². The molecule has 1 aliphatic rings. The smallest absolute Gasteiger partial charge is 0.326 e. The molecule has 0 heterocycles. The average molecular weight is 213 g/mol. The van der Waals surface area contributed by atoms with Gasteiger partial charge >= 0.3 is 5.97 Å². The summed E-state index contributed by atoms with van der Waals surface area (Å²) in [6.07, 6.45) is 2.59. The molecular formula is C12H23NO2. The molecule has 0 aromatic carbocycles. The third kappa shape index (κ3) is 3.20. The Morgan fingerprint density at radius 1 is 1.53 bits per heavy atom. The van der Waals surface area contributed by atoms with Crippen LogP contribution in [-0.2, 0) is 9.53 Å². The van der Waals surface area contributed by atoms with Gasteiger partial charge in [0.2, 0.25) is 0 Å². The molecule has 0 aromatic heterocycles. The summed E-state index contributed by atoms with van der Waals surface area (Å²) in [7, 11) is 0. The number of esters is 1. The van der Waals surface area contributed by atoms with E-state index >= 15 is 0 Å². The molecule has 15 heavy (non-hydrogen) atoms. The first-order valence-corrected chi connectivity index (χ1v) is 5.93. The molecule has 0 amide bonds. The van der Waals surface area contributed by atoms with Gasteiger partial charge in [-0.25, -0.2) is 0 Å². The monoisotopic (exact) mass is 213 g/mol. The van der Waals surface area contributed by atoms with Gasteiger partial charge < -0.3 is 10.1 Å². The Balaban J connectivity index is 2.54. The van der Waals surface area contributed by atoms with Crippen molar-refractivity contribution in [3.8, 4) is 0 Å². The van der Waals surface area contributed by atoms with Gasteiger partial charge in [-0.15, -0.1) is 0 Å². The second kappa shape index (κ2) is 4.97. The van der Waals surface area contributed by atoms with E-state index in [2.05, 4.69) is 19.2 Å². The van der Waals surface area contributed by atoms with Crippen molar-refractivity contribution in [2.24, 2.45) is 11.8 Å². The normalized spacial score (nSPS) is 20.1. The molecule has 0 bridgehead atoms. The fourth-order valence-electron chi connectivity index (χ4n) is 1.47. The van der Waals surface area contributed by atoms with Gasteiger partial charge in [-0.1, -0.05) is 13.8 Å². The van der Waals surface area contributed by atoms with Crippen LogP contribution in [0.5, 0.6) is 0 Å². The lowest BCUT2D eigenvalue weighted by Gasteiger charge is -2.32. The second-order valence-electron chi connectivity index (χ2n) is 4.90. The van der Waals surface area contributed by atoms with Gasteiger partial charge in [0.15, 0.2) is 0 Å². The van der Waals surface area contributed by atoms with Crippen LogP contribution in [-0.4, -0.2) is 24.7 Å². The predicted octanol–water partition coefficient (Wildman–Crippen LogP) is 1.96. The van der Waals surface area contributed by atoms with Crippen molar-refractivity contribution in [2.45, 2.75) is 46.1 Å². The summed E-state index contributed by atoms with van der Waals surface area (Å²) < 4.78 is 5.12. The van der Waals surface area contributed by atoms with E-state index in [4.69, 9.17) is 4.74 Å². The molecular weight excluding hydrogens is 190 g/mol. The van der Waals surface area contributed by atoms with Gasteiger partial charge in [-0.3, -0.25) is 4.79 Å². The number of carbonyl (C=O) groups excluding carboxylic acids is 1. The molecule has 0 radical (unpaired) electrons. The van der Waals surface area contributed by atoms with Gasteiger partial charge in [-0.05, 0) is 45.1 Å². The minimum Gasteiger partial charge on any atom is -0.465 e. The number of nitrogens with one attached hydrogen (secondary N) is 1. The van der Waals surface area contributed by atoms with Crippen LogP contribution in [0.2, 0.25) is 0 Å². The summed E-state index contributed by atoms with van der Waals surface area (Å²) >= 11 is 0. The number of rotatable bonds is 6. The van der Waals surface area contributed by atoms with E-state index in [0.29, 0.717) is 6.61 Å². The molecule has 1 N–H and O–H groups in total. The topological polar surface area (TPSA) is 38.3 Å². The van der Waals surface area contributed by atoms with Gasteiger partial charge in [-0.2, -0.15) is 0 Å². The van der Waals surface area contributed by atoms with Gasteiger partial charge in [0.05, 0.1) is 6.61 Å². The lowest BCUT2D eigenvalue weighted by molar-refractivity contribution is -0.152. The Bertz CT molecular complexity index is 224. The maximum absolute atomic E-state index is 11.9. The number of ether oxygens (including phenoxy) is 1. The fourth-order valence-corrected chi connectivity index (χ4v) is 1.47. The van der Waals surface area contributed by atoms with E-state index in [1.807, 2.05) is 13.8 Å². The molecule has 88 valence electrons. The maximum Gasteiger partial charge on any atom is 0.326 e. The van der Waals surface area contributed by atoms with Crippen LogP contribution in [0.3, 0.4) is 0 Å². The van der Waals surface area contributed by atoms with E-state index in [1.165, 1.54) is 12.8 Å². The molecule has 0 spiro atoms. The molecule has 1 fully saturated rings. The van der Waals surface area contributed by atoms with Crippen molar-refractivity contribution < 1.29 is 9.53 Å². The Kier molecular flexibility index (Phi) is 4.14. The Hall–Kier alpha value is -0.570. The van der Waals surface area contributed by atoms with Crippen LogP contribution in [0.15, 0.2) is 0 Å². The zero-order valence-corrected chi connectivity index (χ0v) is 10.3. The average Bonchev–Trinajstić information content (AvgIpc) is 2.97. The van der Waals surface area contributed by atoms with Crippen LogP contribution in [0, 0.1) is 11.8 Å². The summed E-state index contributed by atoms with van der Waals surface area (Å²) in [5, 5.41) is 3.37. The van der Waals surface area contributed by atoms with Crippen LogP contribution < -0.4 is 5.32 Å². The van der Waals surface area contributed by atoms with E-state index in [9.17, 15) is 4.79 Å². The highest BCUT2D eigenvalue weighted by molar-refractivity contribution is 5.80. The van der Waals surface area contributed by atoms with Crippen LogP contribution in [0.25, 0.3) is 0 Å². The van der Waals surface area contributed by atoms with E-state index in [0.717, 1.165) is 12.5 Å². The molecule has 1 aliphatic carbocycles. The fraction of sp³-hybridized carbons (Fsp3) is 0.917. The standard InChI is InChI=1S/C12H23NO2/c1-5-15-11(14)12(4,9(2)3)13-8-10-6-7-10/h9-10,13H,5-8H2,1-4H3. The zero-order chi connectivity index (χ0) is 11.5. The molecule has 3 nitrogen and oxygen atoms in total. The summed E-state index contributed by atoms with van der Waals surface area (Å²) in [5.41, 5.74) is -0.529. The Labute approximate surface area is 92.6 Å². The van der Waals surface area contributed by atoms with Crippen LogP contribution in [0.1, 0.15) is 40.5 Å². The lowest BCUT2D eigenvalue weighted by Crippen LogP contribution is -2.55. The molecule has 3 heteroatoms. The minimum atomic E-state index is -0.529. The first-order valence-electron chi connectivity index (χ1n) is 5.93. The summed E-state index contributed by atoms with van der Waals surface area (Å²) in [6, 6.07) is 0. The van der Waals surface area contributed by atoms with Crippen molar-refractivity contribution in [2.75, 3.05) is 13.2 Å². The number of carbonyl (C=O) groups is 1. The highest BCUT2D eigenvalue weighted by atomic mass is 16.5. The largest absolute Gasteiger partial charge is 0.465 e. The molecule has 0 aliphatic heterocycles. The highest BCUT2D eigenvalue weighted by Gasteiger charge is 2.38. The van der Waals surface area contributed by atoms with Gasteiger partial charge in [0, 0.05) is 0 Å². The van der Waals surface area contributed by atoms with Gasteiger partial charge in [0.1, 0.15) is 5.54 Å². The van der Waals surface area contributed by atoms with Crippen LogP contribution >= 0.6 is 0 Å². The van der Waals surface area contributed by atoms with Crippen molar-refractivity contribution >= 4 is 5.97 Å². The van der Waals surface area contributed by atoms with E-state index in [-0.39, 0.29) is 11.9 Å². The summed E-state index contributed by atoms with van der Waals surface area (Å²) in [4.78, 5) is 11.9. The third-order valence-corrected chi connectivity index (χ3v) is 3.31. The lowest BCUT2D eigenvalue weighted by atomic mass is 9.88. The molecule has 1 unspecified atom stereocenters. The quantitative estimate of drug-likeness (QED) is 0.685. The van der Waals surface area contributed by atoms with Gasteiger partial charge in [0.25, 0.3) is 0 Å². The Morgan fingerprint density at radius 3 is 2.53 bits per heavy atom. The second-order valence-corrected chi connectivity index (χ2v) is 4.90. The van der Waals surface area contributed by atoms with Crippen molar-refractivity contribution in [1.82, 2.24) is 5.32 Å². The van der Waals surface area contributed by atoms with E-state index < -0.39 is 5.54 Å². The number of hydrogen-bond acceptors (Lipinski definition) is 3. The molecule has 1 atom stereocenters. The maximum atomic E-state index is 11.9. The Morgan fingerprint density at radius 2 is 2.13 bits per heavy atom.